The molecule has 2 nitrogen and oxygen atoms in total. The molecular weight excluding hydrogens is 645 g/mol. The van der Waals surface area contributed by atoms with Crippen LogP contribution in [-0.2, 0) is 17.0 Å². The summed E-state index contributed by atoms with van der Waals surface area (Å²) >= 11 is 0. The lowest BCUT2D eigenvalue weighted by Crippen LogP contribution is -2.16. The van der Waals surface area contributed by atoms with Crippen LogP contribution in [-0.4, -0.2) is 9.13 Å². The van der Waals surface area contributed by atoms with Gasteiger partial charge in [-0.3, -0.25) is 0 Å². The van der Waals surface area contributed by atoms with Crippen LogP contribution >= 0.6 is 0 Å². The number of hydrogen-bond acceptors (Lipinski definition) is 0. The van der Waals surface area contributed by atoms with E-state index in [0.717, 1.165) is 32.7 Å². The van der Waals surface area contributed by atoms with Crippen molar-refractivity contribution in [3.8, 4) is 22.5 Å². The van der Waals surface area contributed by atoms with Crippen LogP contribution in [0.2, 0.25) is 0 Å². The van der Waals surface area contributed by atoms with E-state index in [4.69, 9.17) is 0 Å². The van der Waals surface area contributed by atoms with Crippen LogP contribution in [0, 0.1) is 5.82 Å². The lowest BCUT2D eigenvalue weighted by atomic mass is 9.86. The van der Waals surface area contributed by atoms with Gasteiger partial charge < -0.3 is 9.13 Å². The predicted molar refractivity (Wildman–Crippen MR) is 203 cm³/mol. The van der Waals surface area contributed by atoms with Crippen molar-refractivity contribution < 1.29 is 17.6 Å². The van der Waals surface area contributed by atoms with Gasteiger partial charge in [0.25, 0.3) is 0 Å². The third kappa shape index (κ3) is 5.31. The zero-order chi connectivity index (χ0) is 36.0. The minimum atomic E-state index is -4.79. The Hall–Kier alpha value is -5.36. The topological polar surface area (TPSA) is 9.86 Å². The van der Waals surface area contributed by atoms with Crippen LogP contribution in [0.1, 0.15) is 58.2 Å². The van der Waals surface area contributed by atoms with Crippen LogP contribution in [0.4, 0.5) is 17.6 Å². The number of aromatic nitrogens is 2. The Morgan fingerprint density at radius 3 is 1.29 bits per heavy atom. The fraction of sp³-hybridized carbons (Fsp3) is 0.200. The molecule has 0 N–H and O–H groups in total. The number of hydrogen-bond donors (Lipinski definition) is 0. The maximum atomic E-state index is 16.0. The van der Waals surface area contributed by atoms with E-state index in [9.17, 15) is 0 Å². The van der Waals surface area contributed by atoms with Gasteiger partial charge in [-0.25, -0.2) is 4.39 Å². The highest BCUT2D eigenvalue weighted by molar-refractivity contribution is 6.11. The van der Waals surface area contributed by atoms with Gasteiger partial charge in [0.1, 0.15) is 11.4 Å². The maximum Gasteiger partial charge on any atom is 0.420 e. The molecule has 0 unspecified atom stereocenters. The van der Waals surface area contributed by atoms with Crippen LogP contribution in [0.3, 0.4) is 0 Å². The Kier molecular flexibility index (Phi) is 7.29. The molecule has 8 aromatic rings. The molecule has 6 heteroatoms. The number of alkyl halides is 3. The Labute approximate surface area is 294 Å². The fourth-order valence-corrected chi connectivity index (χ4v) is 7.50. The second-order valence-electron chi connectivity index (χ2n) is 15.5. The summed E-state index contributed by atoms with van der Waals surface area (Å²) < 4.78 is 67.2. The maximum absolute atomic E-state index is 16.0. The van der Waals surface area contributed by atoms with Crippen molar-refractivity contribution in [3.05, 3.63) is 144 Å². The van der Waals surface area contributed by atoms with E-state index in [2.05, 4.69) is 53.7 Å². The van der Waals surface area contributed by atoms with Crippen molar-refractivity contribution in [1.82, 2.24) is 9.13 Å². The highest BCUT2D eigenvalue weighted by Crippen LogP contribution is 2.47. The predicted octanol–water partition coefficient (Wildman–Crippen LogP) is 13.3. The molecule has 2 heterocycles. The summed E-state index contributed by atoms with van der Waals surface area (Å²) in [6.45, 7) is 12.7. The van der Waals surface area contributed by atoms with Gasteiger partial charge in [0.15, 0.2) is 0 Å². The summed E-state index contributed by atoms with van der Waals surface area (Å²) in [5.74, 6) is -0.511. The highest BCUT2D eigenvalue weighted by atomic mass is 19.4. The Balaban J connectivity index is 1.58. The summed E-state index contributed by atoms with van der Waals surface area (Å²) in [5, 5.41) is 3.40. The summed E-state index contributed by atoms with van der Waals surface area (Å²) in [7, 11) is 0. The van der Waals surface area contributed by atoms with E-state index >= 15 is 17.6 Å². The number of para-hydroxylation sites is 2. The molecule has 0 aliphatic carbocycles. The van der Waals surface area contributed by atoms with E-state index in [-0.39, 0.29) is 27.8 Å². The molecule has 0 fully saturated rings. The van der Waals surface area contributed by atoms with Crippen molar-refractivity contribution >= 4 is 43.6 Å². The molecule has 0 saturated carbocycles. The number of nitrogens with zero attached hydrogens (tertiary/aromatic N) is 2. The Morgan fingerprint density at radius 2 is 0.863 bits per heavy atom. The third-order valence-corrected chi connectivity index (χ3v) is 10.1. The van der Waals surface area contributed by atoms with Gasteiger partial charge in [-0.15, -0.1) is 0 Å². The van der Waals surface area contributed by atoms with Gasteiger partial charge in [0.05, 0.1) is 33.4 Å². The van der Waals surface area contributed by atoms with Crippen molar-refractivity contribution in [2.24, 2.45) is 0 Å². The average molecular weight is 683 g/mol. The Bertz CT molecular complexity index is 2500. The minimum absolute atomic E-state index is 0.0646. The molecule has 0 aliphatic heterocycles. The smallest absolute Gasteiger partial charge is 0.309 e. The van der Waals surface area contributed by atoms with Gasteiger partial charge in [-0.05, 0) is 82.1 Å². The zero-order valence-corrected chi connectivity index (χ0v) is 29.5. The van der Waals surface area contributed by atoms with Crippen molar-refractivity contribution in [3.63, 3.8) is 0 Å². The first-order valence-corrected chi connectivity index (χ1v) is 17.2. The molecular formula is C45H38F4N2. The minimum Gasteiger partial charge on any atom is -0.309 e. The summed E-state index contributed by atoms with van der Waals surface area (Å²) in [5.41, 5.74) is 4.02. The summed E-state index contributed by atoms with van der Waals surface area (Å²) in [6, 6.07) is 36.4. The Morgan fingerprint density at radius 1 is 0.451 bits per heavy atom. The molecule has 0 bridgehead atoms. The van der Waals surface area contributed by atoms with E-state index < -0.39 is 17.6 Å². The van der Waals surface area contributed by atoms with Gasteiger partial charge in [0, 0.05) is 27.1 Å². The largest absolute Gasteiger partial charge is 0.420 e. The molecule has 2 aromatic heterocycles. The van der Waals surface area contributed by atoms with Crippen molar-refractivity contribution in [1.29, 1.82) is 0 Å². The summed E-state index contributed by atoms with van der Waals surface area (Å²) in [4.78, 5) is 0. The highest BCUT2D eigenvalue weighted by Gasteiger charge is 2.40. The van der Waals surface area contributed by atoms with Crippen LogP contribution in [0.25, 0.3) is 66.1 Å². The molecule has 0 saturated heterocycles. The first-order chi connectivity index (χ1) is 24.1. The number of benzene rings is 6. The van der Waals surface area contributed by atoms with Gasteiger partial charge in [-0.2, -0.15) is 13.2 Å². The number of fused-ring (bicyclic) bond motifs is 6. The number of rotatable bonds is 3. The molecule has 256 valence electrons. The molecule has 0 atom stereocenters. The second kappa shape index (κ2) is 11.3. The average Bonchev–Trinajstić information content (AvgIpc) is 3.59. The second-order valence-corrected chi connectivity index (χ2v) is 15.5. The van der Waals surface area contributed by atoms with E-state index in [0.29, 0.717) is 27.6 Å². The first-order valence-electron chi connectivity index (χ1n) is 17.2. The molecule has 6 aromatic carbocycles. The van der Waals surface area contributed by atoms with E-state index in [1.54, 1.807) is 27.3 Å². The van der Waals surface area contributed by atoms with E-state index in [1.807, 2.05) is 72.8 Å². The molecule has 8 rings (SSSR count). The van der Waals surface area contributed by atoms with Gasteiger partial charge in [0.2, 0.25) is 0 Å². The SMILES string of the molecule is CC(C)(C)c1ccc2c(c1)c1ccccc1n2-c1cc(-c2ccccc2F)cc(-n2c3ccccc3c3cc(C(C)(C)C)ccc32)c1C(F)(F)F. The first kappa shape index (κ1) is 32.8. The quantitative estimate of drug-likeness (QED) is 0.164. The lowest BCUT2D eigenvalue weighted by molar-refractivity contribution is -0.137. The van der Waals surface area contributed by atoms with E-state index in [1.165, 1.54) is 18.2 Å². The van der Waals surface area contributed by atoms with Gasteiger partial charge in [-0.1, -0.05) is 108 Å². The van der Waals surface area contributed by atoms with Crippen molar-refractivity contribution in [2.45, 2.75) is 58.5 Å². The van der Waals surface area contributed by atoms with Crippen molar-refractivity contribution in [2.75, 3.05) is 0 Å². The van der Waals surface area contributed by atoms with Crippen LogP contribution in [0.15, 0.2) is 121 Å². The normalized spacial score (nSPS) is 12.9. The molecule has 0 spiro atoms. The lowest BCUT2D eigenvalue weighted by Gasteiger charge is -2.24. The monoisotopic (exact) mass is 682 g/mol. The third-order valence-electron chi connectivity index (χ3n) is 10.1. The van der Waals surface area contributed by atoms with Crippen LogP contribution < -0.4 is 0 Å². The standard InChI is InChI=1S/C45H38F4N2/c1-43(2,3)28-19-21-38-33(25-28)31-14-8-11-17-36(31)50(38)40-23-27(30-13-7-10-16-35(30)46)24-41(42(40)45(47,48)49)51-37-18-12-9-15-32(37)34-26-29(44(4,5)6)20-22-39(34)51/h7-26H,1-6H3. The fourth-order valence-electron chi connectivity index (χ4n) is 7.50. The van der Waals surface area contributed by atoms with Gasteiger partial charge >= 0.3 is 6.18 Å². The molecule has 51 heavy (non-hydrogen) atoms. The van der Waals surface area contributed by atoms with Crippen LogP contribution in [0.5, 0.6) is 0 Å². The molecule has 0 radical (unpaired) electrons. The summed E-state index contributed by atoms with van der Waals surface area (Å²) in [6.07, 6.45) is -4.79. The number of halogens is 4. The molecule has 0 aliphatic rings. The zero-order valence-electron chi connectivity index (χ0n) is 29.5. The molecule has 0 amide bonds.